The molecule has 4 rings (SSSR count). The Balaban J connectivity index is 1.92. The highest BCUT2D eigenvalue weighted by molar-refractivity contribution is 5.96. The van der Waals surface area contributed by atoms with Crippen LogP contribution in [0.4, 0.5) is 5.69 Å². The van der Waals surface area contributed by atoms with Crippen molar-refractivity contribution in [3.05, 3.63) is 60.2 Å². The van der Waals surface area contributed by atoms with Gasteiger partial charge >= 0.3 is 5.97 Å². The van der Waals surface area contributed by atoms with Gasteiger partial charge in [0, 0.05) is 24.0 Å². The summed E-state index contributed by atoms with van der Waals surface area (Å²) in [5, 5.41) is 19.9. The van der Waals surface area contributed by atoms with Gasteiger partial charge in [-0.2, -0.15) is 0 Å². The van der Waals surface area contributed by atoms with Crippen LogP contribution >= 0.6 is 0 Å². The van der Waals surface area contributed by atoms with Gasteiger partial charge < -0.3 is 15.1 Å². The molecule has 5 nitrogen and oxygen atoms in total. The Kier molecular flexibility index (Phi) is 3.86. The third-order valence-electron chi connectivity index (χ3n) is 4.59. The number of carboxylic acid groups (broad SMARTS) is 1. The molecular weight excluding hydrogens is 316 g/mol. The van der Waals surface area contributed by atoms with Crippen LogP contribution in [0.2, 0.25) is 0 Å². The Morgan fingerprint density at radius 3 is 2.60 bits per heavy atom. The molecule has 5 heteroatoms. The van der Waals surface area contributed by atoms with Crippen LogP contribution < -0.4 is 4.90 Å². The third-order valence-corrected chi connectivity index (χ3v) is 4.59. The summed E-state index contributed by atoms with van der Waals surface area (Å²) in [5.74, 6) is -0.952. The minimum absolute atomic E-state index is 0.245. The molecule has 1 aliphatic heterocycles. The maximum atomic E-state index is 11.3. The van der Waals surface area contributed by atoms with Gasteiger partial charge in [-0.25, -0.2) is 9.78 Å². The van der Waals surface area contributed by atoms with E-state index in [0.29, 0.717) is 6.54 Å². The van der Waals surface area contributed by atoms with Crippen LogP contribution in [0.5, 0.6) is 0 Å². The number of hydrogen-bond acceptors (Lipinski definition) is 4. The smallest absolute Gasteiger partial charge is 0.335 e. The van der Waals surface area contributed by atoms with E-state index in [2.05, 4.69) is 4.90 Å². The molecule has 2 heterocycles. The molecule has 25 heavy (non-hydrogen) atoms. The minimum atomic E-state index is -0.952. The second-order valence-electron chi connectivity index (χ2n) is 6.32. The molecule has 1 aromatic heterocycles. The lowest BCUT2D eigenvalue weighted by Crippen LogP contribution is -2.22. The average molecular weight is 334 g/mol. The van der Waals surface area contributed by atoms with E-state index in [0.717, 1.165) is 40.8 Å². The van der Waals surface area contributed by atoms with Crippen molar-refractivity contribution >= 4 is 22.6 Å². The number of benzene rings is 2. The number of pyridine rings is 1. The Labute approximate surface area is 145 Å². The Bertz CT molecular complexity index is 940. The number of aliphatic hydroxyl groups is 1. The van der Waals surface area contributed by atoms with Gasteiger partial charge in [0.2, 0.25) is 0 Å². The molecule has 3 aromatic rings. The summed E-state index contributed by atoms with van der Waals surface area (Å²) in [6.07, 6.45) is 0.381. The van der Waals surface area contributed by atoms with Crippen LogP contribution in [0.3, 0.4) is 0 Å². The second-order valence-corrected chi connectivity index (χ2v) is 6.32. The largest absolute Gasteiger partial charge is 0.478 e. The molecule has 0 spiro atoms. The SMILES string of the molecule is O=C(O)c1ccc2nc(-c3ccccc3)c(N3CC[C@@H](O)C3)cc2c1. The van der Waals surface area contributed by atoms with Crippen LogP contribution in [-0.4, -0.2) is 40.4 Å². The molecule has 1 saturated heterocycles. The number of rotatable bonds is 3. The molecule has 0 aliphatic carbocycles. The summed E-state index contributed by atoms with van der Waals surface area (Å²) in [6.45, 7) is 1.32. The van der Waals surface area contributed by atoms with Gasteiger partial charge in [-0.15, -0.1) is 0 Å². The van der Waals surface area contributed by atoms with Gasteiger partial charge in [0.15, 0.2) is 0 Å². The standard InChI is InChI=1S/C20H18N2O3/c23-16-8-9-22(12-16)18-11-15-10-14(20(24)25)6-7-17(15)21-19(18)13-4-2-1-3-5-13/h1-7,10-11,16,23H,8-9,12H2,(H,24,25)/t16-/m1/s1. The minimum Gasteiger partial charge on any atom is -0.478 e. The zero-order chi connectivity index (χ0) is 17.4. The first-order chi connectivity index (χ1) is 12.1. The molecule has 0 saturated carbocycles. The Morgan fingerprint density at radius 2 is 1.92 bits per heavy atom. The maximum absolute atomic E-state index is 11.3. The topological polar surface area (TPSA) is 73.7 Å². The Morgan fingerprint density at radius 1 is 1.12 bits per heavy atom. The maximum Gasteiger partial charge on any atom is 0.335 e. The van der Waals surface area contributed by atoms with Crippen LogP contribution in [0.25, 0.3) is 22.2 Å². The molecule has 2 aromatic carbocycles. The van der Waals surface area contributed by atoms with Gasteiger partial charge in [-0.3, -0.25) is 0 Å². The first-order valence-corrected chi connectivity index (χ1v) is 8.28. The van der Waals surface area contributed by atoms with Crippen LogP contribution in [0.1, 0.15) is 16.8 Å². The van der Waals surface area contributed by atoms with Gasteiger partial charge in [0.25, 0.3) is 0 Å². The van der Waals surface area contributed by atoms with E-state index in [-0.39, 0.29) is 11.7 Å². The predicted molar refractivity (Wildman–Crippen MR) is 97.0 cm³/mol. The highest BCUT2D eigenvalue weighted by atomic mass is 16.4. The van der Waals surface area contributed by atoms with Crippen molar-refractivity contribution in [3.8, 4) is 11.3 Å². The number of anilines is 1. The summed E-state index contributed by atoms with van der Waals surface area (Å²) in [7, 11) is 0. The number of carbonyl (C=O) groups is 1. The highest BCUT2D eigenvalue weighted by Crippen LogP contribution is 2.34. The number of hydrogen-bond donors (Lipinski definition) is 2. The summed E-state index contributed by atoms with van der Waals surface area (Å²) >= 11 is 0. The molecule has 0 unspecified atom stereocenters. The summed E-state index contributed by atoms with van der Waals surface area (Å²) < 4.78 is 0. The van der Waals surface area contributed by atoms with E-state index >= 15 is 0 Å². The van der Waals surface area contributed by atoms with E-state index in [1.54, 1.807) is 18.2 Å². The van der Waals surface area contributed by atoms with Crippen molar-refractivity contribution in [3.63, 3.8) is 0 Å². The number of fused-ring (bicyclic) bond motifs is 1. The average Bonchev–Trinajstić information content (AvgIpc) is 3.07. The zero-order valence-electron chi connectivity index (χ0n) is 13.6. The fraction of sp³-hybridized carbons (Fsp3) is 0.200. The van der Waals surface area contributed by atoms with Gasteiger partial charge in [-0.1, -0.05) is 30.3 Å². The number of β-amino-alcohol motifs (C(OH)–C–C–N with tert-alkyl or cyclic N) is 1. The van der Waals surface area contributed by atoms with E-state index in [1.807, 2.05) is 36.4 Å². The van der Waals surface area contributed by atoms with Gasteiger partial charge in [0.1, 0.15) is 0 Å². The van der Waals surface area contributed by atoms with Crippen LogP contribution in [0, 0.1) is 0 Å². The van der Waals surface area contributed by atoms with E-state index < -0.39 is 5.97 Å². The number of aliphatic hydroxyl groups excluding tert-OH is 1. The van der Waals surface area contributed by atoms with Crippen molar-refractivity contribution in [1.29, 1.82) is 0 Å². The summed E-state index contributed by atoms with van der Waals surface area (Å²) in [6, 6.07) is 16.9. The highest BCUT2D eigenvalue weighted by Gasteiger charge is 2.24. The predicted octanol–water partition coefficient (Wildman–Crippen LogP) is 3.17. The number of nitrogens with zero attached hydrogens (tertiary/aromatic N) is 2. The van der Waals surface area contributed by atoms with Crippen molar-refractivity contribution < 1.29 is 15.0 Å². The molecule has 1 atom stereocenters. The lowest BCUT2D eigenvalue weighted by molar-refractivity contribution is 0.0697. The number of carboxylic acids is 1. The molecule has 0 radical (unpaired) electrons. The van der Waals surface area contributed by atoms with Crippen LogP contribution in [-0.2, 0) is 0 Å². The normalized spacial score (nSPS) is 17.2. The van der Waals surface area contributed by atoms with Gasteiger partial charge in [0.05, 0.1) is 28.6 Å². The fourth-order valence-corrected chi connectivity index (χ4v) is 3.31. The lowest BCUT2D eigenvalue weighted by atomic mass is 10.0. The fourth-order valence-electron chi connectivity index (χ4n) is 3.31. The molecular formula is C20H18N2O3. The number of aromatic nitrogens is 1. The Hall–Kier alpha value is -2.92. The first kappa shape index (κ1) is 15.6. The monoisotopic (exact) mass is 334 g/mol. The van der Waals surface area contributed by atoms with E-state index in [4.69, 9.17) is 4.98 Å². The quantitative estimate of drug-likeness (QED) is 0.769. The van der Waals surface area contributed by atoms with Crippen molar-refractivity contribution in [1.82, 2.24) is 4.98 Å². The summed E-state index contributed by atoms with van der Waals surface area (Å²) in [5.41, 5.74) is 3.78. The molecule has 0 amide bonds. The van der Waals surface area contributed by atoms with Crippen LogP contribution in [0.15, 0.2) is 54.6 Å². The van der Waals surface area contributed by atoms with Crippen molar-refractivity contribution in [2.45, 2.75) is 12.5 Å². The van der Waals surface area contributed by atoms with Gasteiger partial charge in [-0.05, 0) is 30.7 Å². The molecule has 0 bridgehead atoms. The van der Waals surface area contributed by atoms with E-state index in [9.17, 15) is 15.0 Å². The number of aromatic carboxylic acids is 1. The molecule has 2 N–H and O–H groups in total. The van der Waals surface area contributed by atoms with Crippen molar-refractivity contribution in [2.75, 3.05) is 18.0 Å². The summed E-state index contributed by atoms with van der Waals surface area (Å²) in [4.78, 5) is 18.2. The first-order valence-electron chi connectivity index (χ1n) is 8.28. The molecule has 126 valence electrons. The van der Waals surface area contributed by atoms with Crippen molar-refractivity contribution in [2.24, 2.45) is 0 Å². The van der Waals surface area contributed by atoms with E-state index in [1.165, 1.54) is 0 Å². The molecule has 1 fully saturated rings. The second kappa shape index (κ2) is 6.18. The molecule has 1 aliphatic rings. The third kappa shape index (κ3) is 2.94. The lowest BCUT2D eigenvalue weighted by Gasteiger charge is -2.22. The zero-order valence-corrected chi connectivity index (χ0v) is 13.6.